The fourth-order valence-corrected chi connectivity index (χ4v) is 2.29. The first-order valence-corrected chi connectivity index (χ1v) is 7.98. The Morgan fingerprint density at radius 1 is 1.36 bits per heavy atom. The second-order valence-electron chi connectivity index (χ2n) is 6.74. The molecular weight excluding hydrogens is 326 g/mol. The average molecular weight is 349 g/mol. The number of benzene rings is 1. The summed E-state index contributed by atoms with van der Waals surface area (Å²) in [6.07, 6.45) is -1.41. The molecule has 0 saturated heterocycles. The van der Waals surface area contributed by atoms with Gasteiger partial charge in [0.1, 0.15) is 11.7 Å². The number of aromatic amines is 1. The number of aliphatic hydroxyl groups excluding tert-OH is 2. The van der Waals surface area contributed by atoms with E-state index in [-0.39, 0.29) is 18.5 Å². The van der Waals surface area contributed by atoms with Crippen molar-refractivity contribution in [1.82, 2.24) is 15.3 Å². The molecule has 2 aromatic rings. The molecule has 0 aliphatic carbocycles. The number of hydrogen-bond acceptors (Lipinski definition) is 6. The van der Waals surface area contributed by atoms with Crippen molar-refractivity contribution < 1.29 is 19.7 Å². The SMILES string of the molecule is CC(C)(C)OC(=O)NCCC(O)C(O)c1ccc2c(=O)[nH]cnc2c1. The van der Waals surface area contributed by atoms with Crippen LogP contribution in [-0.2, 0) is 4.74 Å². The number of rotatable bonds is 5. The highest BCUT2D eigenvalue weighted by atomic mass is 16.6. The van der Waals surface area contributed by atoms with E-state index in [0.29, 0.717) is 16.5 Å². The smallest absolute Gasteiger partial charge is 0.407 e. The molecule has 0 aliphatic heterocycles. The molecule has 2 unspecified atom stereocenters. The second kappa shape index (κ2) is 7.62. The van der Waals surface area contributed by atoms with E-state index >= 15 is 0 Å². The first kappa shape index (κ1) is 18.9. The van der Waals surface area contributed by atoms with Gasteiger partial charge >= 0.3 is 6.09 Å². The van der Waals surface area contributed by atoms with E-state index in [4.69, 9.17) is 4.74 Å². The summed E-state index contributed by atoms with van der Waals surface area (Å²) in [6, 6.07) is 4.67. The second-order valence-corrected chi connectivity index (χ2v) is 6.74. The van der Waals surface area contributed by atoms with Gasteiger partial charge in [-0.15, -0.1) is 0 Å². The third-order valence-electron chi connectivity index (χ3n) is 3.48. The Labute approximate surface area is 144 Å². The Bertz CT molecular complexity index is 797. The fraction of sp³-hybridized carbons (Fsp3) is 0.471. The topological polar surface area (TPSA) is 125 Å². The van der Waals surface area contributed by atoms with E-state index in [2.05, 4.69) is 15.3 Å². The fourth-order valence-electron chi connectivity index (χ4n) is 2.29. The number of aromatic nitrogens is 2. The summed E-state index contributed by atoms with van der Waals surface area (Å²) in [7, 11) is 0. The zero-order valence-corrected chi connectivity index (χ0v) is 14.4. The molecule has 1 aromatic heterocycles. The van der Waals surface area contributed by atoms with Crippen LogP contribution in [0.1, 0.15) is 38.9 Å². The molecule has 8 nitrogen and oxygen atoms in total. The van der Waals surface area contributed by atoms with E-state index in [1.807, 2.05) is 0 Å². The summed E-state index contributed by atoms with van der Waals surface area (Å²) < 4.78 is 5.09. The maximum Gasteiger partial charge on any atom is 0.407 e. The van der Waals surface area contributed by atoms with Crippen molar-refractivity contribution in [2.75, 3.05) is 6.54 Å². The molecule has 136 valence electrons. The molecule has 1 heterocycles. The molecule has 0 spiro atoms. The van der Waals surface area contributed by atoms with Crippen LogP contribution in [0.15, 0.2) is 29.3 Å². The molecule has 0 radical (unpaired) electrons. The van der Waals surface area contributed by atoms with Crippen molar-refractivity contribution in [3.8, 4) is 0 Å². The van der Waals surface area contributed by atoms with Crippen LogP contribution < -0.4 is 10.9 Å². The molecule has 0 saturated carbocycles. The Balaban J connectivity index is 1.95. The van der Waals surface area contributed by atoms with Gasteiger partial charge < -0.3 is 25.3 Å². The number of amides is 1. The molecule has 1 aromatic carbocycles. The quantitative estimate of drug-likeness (QED) is 0.643. The predicted molar refractivity (Wildman–Crippen MR) is 92.2 cm³/mol. The van der Waals surface area contributed by atoms with E-state index in [1.54, 1.807) is 39.0 Å². The zero-order chi connectivity index (χ0) is 18.6. The largest absolute Gasteiger partial charge is 0.444 e. The van der Waals surface area contributed by atoms with Gasteiger partial charge in [0.05, 0.1) is 23.3 Å². The number of ether oxygens (including phenoxy) is 1. The third kappa shape index (κ3) is 5.27. The Kier molecular flexibility index (Phi) is 5.76. The van der Waals surface area contributed by atoms with E-state index in [1.165, 1.54) is 6.33 Å². The van der Waals surface area contributed by atoms with E-state index in [0.717, 1.165) is 0 Å². The normalized spacial score (nSPS) is 14.1. The first-order chi connectivity index (χ1) is 11.7. The zero-order valence-electron chi connectivity index (χ0n) is 14.4. The highest BCUT2D eigenvalue weighted by molar-refractivity contribution is 5.77. The third-order valence-corrected chi connectivity index (χ3v) is 3.48. The maximum atomic E-state index is 11.6. The van der Waals surface area contributed by atoms with Crippen LogP contribution >= 0.6 is 0 Å². The van der Waals surface area contributed by atoms with Gasteiger partial charge in [-0.1, -0.05) is 6.07 Å². The first-order valence-electron chi connectivity index (χ1n) is 7.98. The number of nitrogens with one attached hydrogen (secondary N) is 2. The van der Waals surface area contributed by atoms with Crippen LogP contribution in [0.2, 0.25) is 0 Å². The van der Waals surface area contributed by atoms with Gasteiger partial charge in [0, 0.05) is 6.54 Å². The van der Waals surface area contributed by atoms with Gasteiger partial charge in [-0.05, 0) is 44.9 Å². The van der Waals surface area contributed by atoms with Crippen molar-refractivity contribution in [1.29, 1.82) is 0 Å². The molecule has 0 bridgehead atoms. The summed E-state index contributed by atoms with van der Waals surface area (Å²) in [5.74, 6) is 0. The number of hydrogen-bond donors (Lipinski definition) is 4. The number of alkyl carbamates (subject to hydrolysis) is 1. The molecule has 2 rings (SSSR count). The molecular formula is C17H23N3O5. The number of carbonyl (C=O) groups is 1. The average Bonchev–Trinajstić information content (AvgIpc) is 2.52. The molecule has 2 atom stereocenters. The van der Waals surface area contributed by atoms with Gasteiger partial charge in [0.25, 0.3) is 5.56 Å². The van der Waals surface area contributed by atoms with Gasteiger partial charge in [0.15, 0.2) is 0 Å². The molecule has 4 N–H and O–H groups in total. The Hall–Kier alpha value is -2.45. The maximum absolute atomic E-state index is 11.6. The molecule has 0 aliphatic rings. The van der Waals surface area contributed by atoms with Gasteiger partial charge in [-0.3, -0.25) is 4.79 Å². The van der Waals surface area contributed by atoms with Crippen LogP contribution in [0.25, 0.3) is 10.9 Å². The Morgan fingerprint density at radius 2 is 2.08 bits per heavy atom. The summed E-state index contributed by atoms with van der Waals surface area (Å²) in [4.78, 5) is 29.7. The molecule has 25 heavy (non-hydrogen) atoms. The number of fused-ring (bicyclic) bond motifs is 1. The van der Waals surface area contributed by atoms with Gasteiger partial charge in [-0.2, -0.15) is 0 Å². The van der Waals surface area contributed by atoms with Crippen LogP contribution in [0, 0.1) is 0 Å². The lowest BCUT2D eigenvalue weighted by Crippen LogP contribution is -2.34. The highest BCUT2D eigenvalue weighted by Crippen LogP contribution is 2.21. The van der Waals surface area contributed by atoms with Crippen LogP contribution in [0.5, 0.6) is 0 Å². The number of nitrogens with zero attached hydrogens (tertiary/aromatic N) is 1. The summed E-state index contributed by atoms with van der Waals surface area (Å²) in [6.45, 7) is 5.41. The minimum absolute atomic E-state index is 0.140. The minimum atomic E-state index is -1.16. The summed E-state index contributed by atoms with van der Waals surface area (Å²) >= 11 is 0. The van der Waals surface area contributed by atoms with E-state index < -0.39 is 23.9 Å². The van der Waals surface area contributed by atoms with Crippen molar-refractivity contribution in [3.63, 3.8) is 0 Å². The van der Waals surface area contributed by atoms with Crippen molar-refractivity contribution >= 4 is 17.0 Å². The lowest BCUT2D eigenvalue weighted by atomic mass is 10.0. The summed E-state index contributed by atoms with van der Waals surface area (Å²) in [5.41, 5.74) is 0.000851. The van der Waals surface area contributed by atoms with Crippen molar-refractivity contribution in [2.45, 2.75) is 45.0 Å². The molecule has 8 heteroatoms. The van der Waals surface area contributed by atoms with Crippen LogP contribution in [0.3, 0.4) is 0 Å². The van der Waals surface area contributed by atoms with Crippen molar-refractivity contribution in [2.24, 2.45) is 0 Å². The predicted octanol–water partition coefficient (Wildman–Crippen LogP) is 1.23. The van der Waals surface area contributed by atoms with Gasteiger partial charge in [0.2, 0.25) is 0 Å². The lowest BCUT2D eigenvalue weighted by Gasteiger charge is -2.21. The standard InChI is InChI=1S/C17H23N3O5/c1-17(2,3)25-16(24)18-7-6-13(21)14(22)10-4-5-11-12(8-10)19-9-20-15(11)23/h4-5,8-9,13-14,21-22H,6-7H2,1-3H3,(H,18,24)(H,19,20,23). The summed E-state index contributed by atoms with van der Waals surface area (Å²) in [5, 5.41) is 23.3. The number of H-pyrrole nitrogens is 1. The van der Waals surface area contributed by atoms with Crippen molar-refractivity contribution in [3.05, 3.63) is 40.4 Å². The number of carbonyl (C=O) groups excluding carboxylic acids is 1. The van der Waals surface area contributed by atoms with Crippen LogP contribution in [0.4, 0.5) is 4.79 Å². The van der Waals surface area contributed by atoms with Crippen LogP contribution in [-0.4, -0.2) is 44.5 Å². The highest BCUT2D eigenvalue weighted by Gasteiger charge is 2.20. The van der Waals surface area contributed by atoms with E-state index in [9.17, 15) is 19.8 Å². The molecule has 0 fully saturated rings. The number of aliphatic hydroxyl groups is 2. The monoisotopic (exact) mass is 349 g/mol. The lowest BCUT2D eigenvalue weighted by molar-refractivity contribution is 0.0124. The minimum Gasteiger partial charge on any atom is -0.444 e. The van der Waals surface area contributed by atoms with Gasteiger partial charge in [-0.25, -0.2) is 9.78 Å². The Morgan fingerprint density at radius 3 is 2.76 bits per heavy atom. The molecule has 1 amide bonds.